The molecule has 0 spiro atoms. The SMILES string of the molecule is CN([C@H]1C[C@H]2CC(=O)NC[C@H]2C1)S(=O)(=O)c1ccc2c3c(cccc13)C(=O)N2. The van der Waals surface area contributed by atoms with E-state index >= 15 is 0 Å². The summed E-state index contributed by atoms with van der Waals surface area (Å²) < 4.78 is 28.4. The van der Waals surface area contributed by atoms with Crippen molar-refractivity contribution >= 4 is 38.3 Å². The van der Waals surface area contributed by atoms with Gasteiger partial charge in [0.15, 0.2) is 0 Å². The maximum atomic E-state index is 13.5. The largest absolute Gasteiger partial charge is 0.356 e. The number of piperidine rings is 1. The molecule has 8 heteroatoms. The van der Waals surface area contributed by atoms with Crippen LogP contribution in [0.5, 0.6) is 0 Å². The first-order valence-corrected chi connectivity index (χ1v) is 10.9. The fraction of sp³-hybridized carbons (Fsp3) is 0.400. The molecular formula is C20H21N3O4S. The molecule has 1 saturated heterocycles. The Hall–Kier alpha value is -2.45. The number of hydrogen-bond acceptors (Lipinski definition) is 4. The Labute approximate surface area is 163 Å². The zero-order valence-corrected chi connectivity index (χ0v) is 16.3. The van der Waals surface area contributed by atoms with E-state index in [-0.39, 0.29) is 28.7 Å². The van der Waals surface area contributed by atoms with E-state index in [1.54, 1.807) is 37.4 Å². The lowest BCUT2D eigenvalue weighted by molar-refractivity contribution is -0.124. The number of fused-ring (bicyclic) bond motifs is 1. The third-order valence-electron chi connectivity index (χ3n) is 6.49. The molecule has 2 amide bonds. The van der Waals surface area contributed by atoms with Gasteiger partial charge in [-0.3, -0.25) is 9.59 Å². The summed E-state index contributed by atoms with van der Waals surface area (Å²) in [5, 5.41) is 6.90. The van der Waals surface area contributed by atoms with E-state index < -0.39 is 10.0 Å². The lowest BCUT2D eigenvalue weighted by Gasteiger charge is -2.25. The number of nitrogens with zero attached hydrogens (tertiary/aromatic N) is 1. The van der Waals surface area contributed by atoms with Gasteiger partial charge in [0.25, 0.3) is 5.91 Å². The van der Waals surface area contributed by atoms with Crippen LogP contribution in [-0.4, -0.2) is 44.2 Å². The summed E-state index contributed by atoms with van der Waals surface area (Å²) in [5.74, 6) is 0.415. The highest BCUT2D eigenvalue weighted by molar-refractivity contribution is 7.89. The van der Waals surface area contributed by atoms with Crippen LogP contribution >= 0.6 is 0 Å². The van der Waals surface area contributed by atoms with E-state index in [1.165, 1.54) is 4.31 Å². The van der Waals surface area contributed by atoms with E-state index in [1.807, 2.05) is 0 Å². The van der Waals surface area contributed by atoms with Crippen LogP contribution < -0.4 is 10.6 Å². The fourth-order valence-electron chi connectivity index (χ4n) is 4.97. The van der Waals surface area contributed by atoms with Gasteiger partial charge in [-0.25, -0.2) is 8.42 Å². The Bertz CT molecular complexity index is 1130. The standard InChI is InChI=1S/C20H21N3O4S/c1-23(13-7-11-9-18(24)21-10-12(11)8-13)28(26,27)17-6-5-16-19-14(17)3-2-4-15(19)20(25)22-16/h2-6,11-13H,7-10H2,1H3,(H,21,24)(H,22,25)/t11-,12+,13-/m0/s1. The first kappa shape index (κ1) is 17.6. The molecule has 28 heavy (non-hydrogen) atoms. The number of rotatable bonds is 3. The number of amides is 2. The average molecular weight is 399 g/mol. The van der Waals surface area contributed by atoms with Gasteiger partial charge in [-0.2, -0.15) is 4.31 Å². The number of carbonyl (C=O) groups excluding carboxylic acids is 2. The number of sulfonamides is 1. The van der Waals surface area contributed by atoms with E-state index in [2.05, 4.69) is 10.6 Å². The van der Waals surface area contributed by atoms with Gasteiger partial charge in [0.05, 0.1) is 4.90 Å². The molecule has 7 nitrogen and oxygen atoms in total. The van der Waals surface area contributed by atoms with Crippen molar-refractivity contribution in [3.8, 4) is 0 Å². The van der Waals surface area contributed by atoms with E-state index in [0.717, 1.165) is 6.42 Å². The summed E-state index contributed by atoms with van der Waals surface area (Å²) in [7, 11) is -2.12. The third kappa shape index (κ3) is 2.48. The van der Waals surface area contributed by atoms with Crippen LogP contribution in [0.3, 0.4) is 0 Å². The molecule has 1 aliphatic carbocycles. The van der Waals surface area contributed by atoms with Gasteiger partial charge in [-0.1, -0.05) is 12.1 Å². The predicted molar refractivity (Wildman–Crippen MR) is 104 cm³/mol. The van der Waals surface area contributed by atoms with Crippen molar-refractivity contribution in [2.45, 2.75) is 30.2 Å². The molecule has 1 saturated carbocycles. The molecule has 2 aromatic carbocycles. The van der Waals surface area contributed by atoms with Crippen molar-refractivity contribution in [3.05, 3.63) is 35.9 Å². The highest BCUT2D eigenvalue weighted by atomic mass is 32.2. The summed E-state index contributed by atoms with van der Waals surface area (Å²) in [6, 6.07) is 8.28. The van der Waals surface area contributed by atoms with Crippen molar-refractivity contribution in [2.75, 3.05) is 18.9 Å². The van der Waals surface area contributed by atoms with Crippen LogP contribution in [0.4, 0.5) is 5.69 Å². The van der Waals surface area contributed by atoms with Crippen molar-refractivity contribution in [1.82, 2.24) is 9.62 Å². The Morgan fingerprint density at radius 3 is 2.68 bits per heavy atom. The molecule has 2 fully saturated rings. The molecule has 0 aromatic heterocycles. The molecule has 0 unspecified atom stereocenters. The van der Waals surface area contributed by atoms with Crippen molar-refractivity contribution in [2.24, 2.45) is 11.8 Å². The van der Waals surface area contributed by atoms with Gasteiger partial charge < -0.3 is 10.6 Å². The molecular weight excluding hydrogens is 378 g/mol. The summed E-state index contributed by atoms with van der Waals surface area (Å²) in [4.78, 5) is 24.0. The Morgan fingerprint density at radius 2 is 1.86 bits per heavy atom. The van der Waals surface area contributed by atoms with Crippen LogP contribution in [0, 0.1) is 11.8 Å². The first-order chi connectivity index (χ1) is 13.4. The number of hydrogen-bond donors (Lipinski definition) is 2. The van der Waals surface area contributed by atoms with Gasteiger partial charge in [-0.15, -0.1) is 0 Å². The number of nitrogens with one attached hydrogen (secondary N) is 2. The van der Waals surface area contributed by atoms with Gasteiger partial charge in [0.1, 0.15) is 0 Å². The second kappa shape index (κ2) is 6.02. The Morgan fingerprint density at radius 1 is 1.07 bits per heavy atom. The monoisotopic (exact) mass is 399 g/mol. The molecule has 2 heterocycles. The highest BCUT2D eigenvalue weighted by Crippen LogP contribution is 2.41. The summed E-state index contributed by atoms with van der Waals surface area (Å²) in [6.07, 6.45) is 1.93. The Balaban J connectivity index is 1.52. The minimum Gasteiger partial charge on any atom is -0.356 e. The molecule has 2 aromatic rings. The molecule has 5 rings (SSSR count). The van der Waals surface area contributed by atoms with Crippen LogP contribution in [-0.2, 0) is 14.8 Å². The van der Waals surface area contributed by atoms with E-state index in [0.29, 0.717) is 47.3 Å². The van der Waals surface area contributed by atoms with Crippen LogP contribution in [0.25, 0.3) is 10.8 Å². The Kier molecular flexibility index (Phi) is 3.79. The van der Waals surface area contributed by atoms with Crippen molar-refractivity contribution in [1.29, 1.82) is 0 Å². The summed E-state index contributed by atoms with van der Waals surface area (Å²) in [5.41, 5.74) is 1.15. The maximum absolute atomic E-state index is 13.5. The minimum atomic E-state index is -3.74. The molecule has 2 N–H and O–H groups in total. The zero-order chi connectivity index (χ0) is 19.6. The van der Waals surface area contributed by atoms with Gasteiger partial charge >= 0.3 is 0 Å². The normalized spacial score (nSPS) is 26.4. The zero-order valence-electron chi connectivity index (χ0n) is 15.4. The quantitative estimate of drug-likeness (QED) is 0.825. The van der Waals surface area contributed by atoms with Crippen LogP contribution in [0.15, 0.2) is 35.2 Å². The minimum absolute atomic E-state index is 0.0529. The topological polar surface area (TPSA) is 95.6 Å². The molecule has 2 aliphatic heterocycles. The predicted octanol–water partition coefficient (Wildman–Crippen LogP) is 1.94. The van der Waals surface area contributed by atoms with Gasteiger partial charge in [0, 0.05) is 48.1 Å². The van der Waals surface area contributed by atoms with E-state index in [4.69, 9.17) is 0 Å². The molecule has 0 radical (unpaired) electrons. The lowest BCUT2D eigenvalue weighted by atomic mass is 9.89. The summed E-state index contributed by atoms with van der Waals surface area (Å²) >= 11 is 0. The second-order valence-corrected chi connectivity index (χ2v) is 9.93. The van der Waals surface area contributed by atoms with Crippen molar-refractivity contribution < 1.29 is 18.0 Å². The van der Waals surface area contributed by atoms with Gasteiger partial charge in [-0.05, 0) is 42.9 Å². The molecule has 3 atom stereocenters. The first-order valence-electron chi connectivity index (χ1n) is 9.48. The van der Waals surface area contributed by atoms with E-state index in [9.17, 15) is 18.0 Å². The third-order valence-corrected chi connectivity index (χ3v) is 8.46. The number of benzene rings is 2. The second-order valence-electron chi connectivity index (χ2n) is 7.97. The van der Waals surface area contributed by atoms with Crippen LogP contribution in [0.1, 0.15) is 29.6 Å². The maximum Gasteiger partial charge on any atom is 0.256 e. The fourth-order valence-corrected chi connectivity index (χ4v) is 6.53. The van der Waals surface area contributed by atoms with Gasteiger partial charge in [0.2, 0.25) is 15.9 Å². The lowest BCUT2D eigenvalue weighted by Crippen LogP contribution is -2.38. The average Bonchev–Trinajstić information content (AvgIpc) is 3.23. The van der Waals surface area contributed by atoms with Crippen LogP contribution in [0.2, 0.25) is 0 Å². The summed E-state index contributed by atoms with van der Waals surface area (Å²) in [6.45, 7) is 0.628. The smallest absolute Gasteiger partial charge is 0.256 e. The molecule has 146 valence electrons. The van der Waals surface area contributed by atoms with Crippen molar-refractivity contribution in [3.63, 3.8) is 0 Å². The number of carbonyl (C=O) groups is 2. The molecule has 3 aliphatic rings. The number of anilines is 1. The highest BCUT2D eigenvalue weighted by Gasteiger charge is 2.43. The molecule has 0 bridgehead atoms.